The number of likely N-dealkylation sites (tertiary alicyclic amines) is 1. The number of amides is 1. The predicted octanol–water partition coefficient (Wildman–Crippen LogP) is 3.74. The molecule has 2 aliphatic rings. The number of hydrogen-bond acceptors (Lipinski definition) is 4. The molecule has 1 amide bonds. The van der Waals surface area contributed by atoms with Crippen molar-refractivity contribution in [2.24, 2.45) is 5.92 Å². The molecule has 1 aromatic carbocycles. The van der Waals surface area contributed by atoms with E-state index in [9.17, 15) is 19.1 Å². The van der Waals surface area contributed by atoms with Gasteiger partial charge in [0.15, 0.2) is 0 Å². The lowest BCUT2D eigenvalue weighted by Crippen LogP contribution is -2.46. The number of thiazole rings is 1. The quantitative estimate of drug-likeness (QED) is 0.866. The van der Waals surface area contributed by atoms with Gasteiger partial charge in [-0.3, -0.25) is 4.79 Å². The summed E-state index contributed by atoms with van der Waals surface area (Å²) >= 11 is 1.37. The summed E-state index contributed by atoms with van der Waals surface area (Å²) in [5.41, 5.74) is 1.50. The summed E-state index contributed by atoms with van der Waals surface area (Å²) in [6.07, 6.45) is 4.72. The van der Waals surface area contributed by atoms with Crippen molar-refractivity contribution in [3.05, 3.63) is 40.5 Å². The zero-order valence-electron chi connectivity index (χ0n) is 14.8. The lowest BCUT2D eigenvalue weighted by atomic mass is 9.84. The first-order valence-electron chi connectivity index (χ1n) is 9.27. The Kier molecular flexibility index (Phi) is 4.95. The van der Waals surface area contributed by atoms with Crippen LogP contribution in [-0.4, -0.2) is 39.0 Å². The standard InChI is InChI=1S/C20H21FN2O3S/c21-14-7-5-12(6-8-14)15-11-27-18(22-15)10-19(24)23-16-4-2-1-3-13(16)9-17(23)20(25)26/h5-8,11,13,16-17H,1-4,9-10H2,(H,25,26). The van der Waals surface area contributed by atoms with Gasteiger partial charge < -0.3 is 10.0 Å². The summed E-state index contributed by atoms with van der Waals surface area (Å²) in [6, 6.07) is 5.40. The molecule has 7 heteroatoms. The van der Waals surface area contributed by atoms with Gasteiger partial charge in [-0.25, -0.2) is 14.2 Å². The normalized spacial score (nSPS) is 24.6. The molecule has 1 saturated carbocycles. The Balaban J connectivity index is 1.51. The molecule has 0 spiro atoms. The summed E-state index contributed by atoms with van der Waals surface area (Å²) in [7, 11) is 0. The highest BCUT2D eigenvalue weighted by Crippen LogP contribution is 2.40. The minimum atomic E-state index is -0.913. The number of benzene rings is 1. The second-order valence-corrected chi connectivity index (χ2v) is 8.26. The molecular weight excluding hydrogens is 367 g/mol. The second kappa shape index (κ2) is 7.38. The third-order valence-electron chi connectivity index (χ3n) is 5.66. The number of carboxylic acid groups (broad SMARTS) is 1. The van der Waals surface area contributed by atoms with E-state index in [1.54, 1.807) is 17.0 Å². The van der Waals surface area contributed by atoms with Gasteiger partial charge in [0.1, 0.15) is 16.9 Å². The highest BCUT2D eigenvalue weighted by molar-refractivity contribution is 7.10. The van der Waals surface area contributed by atoms with E-state index in [-0.39, 0.29) is 24.2 Å². The average Bonchev–Trinajstić information content (AvgIpc) is 3.27. The number of carbonyl (C=O) groups excluding carboxylic acids is 1. The van der Waals surface area contributed by atoms with E-state index in [4.69, 9.17) is 0 Å². The van der Waals surface area contributed by atoms with Gasteiger partial charge in [0.05, 0.1) is 12.1 Å². The molecule has 1 saturated heterocycles. The number of aromatic nitrogens is 1. The van der Waals surface area contributed by atoms with Crippen molar-refractivity contribution in [1.82, 2.24) is 9.88 Å². The van der Waals surface area contributed by atoms with Crippen LogP contribution in [0.4, 0.5) is 4.39 Å². The maximum absolute atomic E-state index is 13.1. The van der Waals surface area contributed by atoms with Gasteiger partial charge in [-0.05, 0) is 49.4 Å². The number of rotatable bonds is 4. The summed E-state index contributed by atoms with van der Waals surface area (Å²) in [4.78, 5) is 30.8. The van der Waals surface area contributed by atoms with Gasteiger partial charge in [0.2, 0.25) is 5.91 Å². The monoisotopic (exact) mass is 388 g/mol. The van der Waals surface area contributed by atoms with Crippen molar-refractivity contribution in [3.8, 4) is 11.3 Å². The Labute approximate surface area is 160 Å². The van der Waals surface area contributed by atoms with Gasteiger partial charge in [0.25, 0.3) is 0 Å². The van der Waals surface area contributed by atoms with Crippen LogP contribution in [0.25, 0.3) is 11.3 Å². The number of hydrogen-bond donors (Lipinski definition) is 1. The van der Waals surface area contributed by atoms with Gasteiger partial charge in [-0.1, -0.05) is 12.8 Å². The molecule has 2 heterocycles. The van der Waals surface area contributed by atoms with E-state index in [1.807, 2.05) is 5.38 Å². The van der Waals surface area contributed by atoms with Gasteiger partial charge >= 0.3 is 5.97 Å². The van der Waals surface area contributed by atoms with Gasteiger partial charge in [-0.15, -0.1) is 11.3 Å². The lowest BCUT2D eigenvalue weighted by Gasteiger charge is -2.32. The van der Waals surface area contributed by atoms with Crippen molar-refractivity contribution in [3.63, 3.8) is 0 Å². The first kappa shape index (κ1) is 18.1. The maximum Gasteiger partial charge on any atom is 0.326 e. The molecule has 1 aromatic heterocycles. The maximum atomic E-state index is 13.1. The van der Waals surface area contributed by atoms with E-state index >= 15 is 0 Å². The van der Waals surface area contributed by atoms with Crippen LogP contribution >= 0.6 is 11.3 Å². The van der Waals surface area contributed by atoms with Crippen LogP contribution in [0.5, 0.6) is 0 Å². The minimum Gasteiger partial charge on any atom is -0.480 e. The fraction of sp³-hybridized carbons (Fsp3) is 0.450. The van der Waals surface area contributed by atoms with Crippen LogP contribution < -0.4 is 0 Å². The van der Waals surface area contributed by atoms with Gasteiger partial charge in [-0.2, -0.15) is 0 Å². The Morgan fingerprint density at radius 1 is 1.22 bits per heavy atom. The van der Waals surface area contributed by atoms with Crippen molar-refractivity contribution in [1.29, 1.82) is 0 Å². The Morgan fingerprint density at radius 3 is 2.70 bits per heavy atom. The molecular formula is C20H21FN2O3S. The second-order valence-electron chi connectivity index (χ2n) is 7.31. The number of fused-ring (bicyclic) bond motifs is 1. The summed E-state index contributed by atoms with van der Waals surface area (Å²) in [5, 5.41) is 12.1. The number of aliphatic carboxylic acids is 1. The van der Waals surface area contributed by atoms with E-state index in [0.29, 0.717) is 23.0 Å². The van der Waals surface area contributed by atoms with Crippen molar-refractivity contribution >= 4 is 23.2 Å². The fourth-order valence-corrected chi connectivity index (χ4v) is 5.20. The van der Waals surface area contributed by atoms with E-state index in [2.05, 4.69) is 4.98 Å². The molecule has 0 bridgehead atoms. The first-order valence-corrected chi connectivity index (χ1v) is 10.1. The zero-order valence-corrected chi connectivity index (χ0v) is 15.6. The van der Waals surface area contributed by atoms with E-state index in [0.717, 1.165) is 31.2 Å². The molecule has 27 heavy (non-hydrogen) atoms. The molecule has 1 aliphatic heterocycles. The number of halogens is 1. The first-order chi connectivity index (χ1) is 13.0. The molecule has 1 aliphatic carbocycles. The Morgan fingerprint density at radius 2 is 1.96 bits per heavy atom. The highest BCUT2D eigenvalue weighted by Gasteiger charge is 2.47. The molecule has 2 aromatic rings. The molecule has 142 valence electrons. The number of nitrogens with zero attached hydrogens (tertiary/aromatic N) is 2. The number of carboxylic acids is 1. The molecule has 1 N–H and O–H groups in total. The lowest BCUT2D eigenvalue weighted by molar-refractivity contribution is -0.149. The Bertz CT molecular complexity index is 851. The molecule has 4 rings (SSSR count). The van der Waals surface area contributed by atoms with Crippen LogP contribution in [0, 0.1) is 11.7 Å². The molecule has 3 unspecified atom stereocenters. The predicted molar refractivity (Wildman–Crippen MR) is 99.8 cm³/mol. The van der Waals surface area contributed by atoms with E-state index in [1.165, 1.54) is 23.5 Å². The van der Waals surface area contributed by atoms with Crippen molar-refractivity contribution in [2.75, 3.05) is 0 Å². The van der Waals surface area contributed by atoms with Crippen LogP contribution in [0.15, 0.2) is 29.6 Å². The SMILES string of the molecule is O=C(O)C1CC2CCCCC2N1C(=O)Cc1nc(-c2ccc(F)cc2)cs1. The fourth-order valence-electron chi connectivity index (χ4n) is 4.41. The summed E-state index contributed by atoms with van der Waals surface area (Å²) in [6.45, 7) is 0. The zero-order chi connectivity index (χ0) is 19.0. The van der Waals surface area contributed by atoms with Crippen LogP contribution in [0.1, 0.15) is 37.1 Å². The largest absolute Gasteiger partial charge is 0.480 e. The van der Waals surface area contributed by atoms with Crippen LogP contribution in [0.3, 0.4) is 0 Å². The smallest absolute Gasteiger partial charge is 0.326 e. The van der Waals surface area contributed by atoms with Crippen LogP contribution in [0.2, 0.25) is 0 Å². The molecule has 0 radical (unpaired) electrons. The average molecular weight is 388 g/mol. The highest BCUT2D eigenvalue weighted by atomic mass is 32.1. The summed E-state index contributed by atoms with van der Waals surface area (Å²) in [5.74, 6) is -1.07. The van der Waals surface area contributed by atoms with Crippen LogP contribution in [-0.2, 0) is 16.0 Å². The van der Waals surface area contributed by atoms with Crippen molar-refractivity contribution in [2.45, 2.75) is 50.6 Å². The summed E-state index contributed by atoms with van der Waals surface area (Å²) < 4.78 is 13.1. The third-order valence-corrected chi connectivity index (χ3v) is 6.50. The van der Waals surface area contributed by atoms with Gasteiger partial charge in [0, 0.05) is 17.0 Å². The third kappa shape index (κ3) is 3.60. The molecule has 3 atom stereocenters. The molecule has 2 fully saturated rings. The minimum absolute atomic E-state index is 0.0453. The van der Waals surface area contributed by atoms with Crippen molar-refractivity contribution < 1.29 is 19.1 Å². The topological polar surface area (TPSA) is 70.5 Å². The Hall–Kier alpha value is -2.28. The van der Waals surface area contributed by atoms with E-state index < -0.39 is 12.0 Å². The number of carbonyl (C=O) groups is 2. The molecule has 5 nitrogen and oxygen atoms in total.